The van der Waals surface area contributed by atoms with Gasteiger partial charge in [0, 0.05) is 35.8 Å². The number of benzene rings is 2. The zero-order valence-electron chi connectivity index (χ0n) is 18.8. The molecule has 6 nitrogen and oxygen atoms in total. The predicted molar refractivity (Wildman–Crippen MR) is 124 cm³/mol. The number of aliphatic hydroxyl groups excluding tert-OH is 1. The number of rotatable bonds is 10. The van der Waals surface area contributed by atoms with E-state index in [0.29, 0.717) is 35.9 Å². The topological polar surface area (TPSA) is 71.0 Å². The fourth-order valence-electron chi connectivity index (χ4n) is 3.93. The van der Waals surface area contributed by atoms with E-state index in [4.69, 9.17) is 21.1 Å². The Morgan fingerprint density at radius 2 is 2.03 bits per heavy atom. The molecule has 1 fully saturated rings. The minimum Gasteiger partial charge on any atom is -0.493 e. The number of aryl methyl sites for hydroxylation is 1. The van der Waals surface area contributed by atoms with Crippen molar-refractivity contribution in [1.29, 1.82) is 0 Å². The molecule has 0 aromatic heterocycles. The molecule has 186 valence electrons. The average molecular weight is 501 g/mol. The van der Waals surface area contributed by atoms with Gasteiger partial charge in [0.1, 0.15) is 6.61 Å². The minimum absolute atomic E-state index is 0.0231. The highest BCUT2D eigenvalue weighted by molar-refractivity contribution is 6.31. The van der Waals surface area contributed by atoms with E-state index in [2.05, 4.69) is 10.2 Å². The number of nitrogens with zero attached hydrogens (tertiary/aromatic N) is 1. The van der Waals surface area contributed by atoms with Crippen molar-refractivity contribution in [2.24, 2.45) is 0 Å². The summed E-state index contributed by atoms with van der Waals surface area (Å²) in [7, 11) is 1.50. The monoisotopic (exact) mass is 500 g/mol. The van der Waals surface area contributed by atoms with Crippen molar-refractivity contribution in [3.8, 4) is 11.5 Å². The molecule has 1 aliphatic rings. The Morgan fingerprint density at radius 1 is 1.24 bits per heavy atom. The van der Waals surface area contributed by atoms with Gasteiger partial charge in [-0.1, -0.05) is 17.7 Å². The zero-order chi connectivity index (χ0) is 24.7. The molecule has 0 unspecified atom stereocenters. The summed E-state index contributed by atoms with van der Waals surface area (Å²) in [4.78, 5) is 14.6. The van der Waals surface area contributed by atoms with E-state index in [1.165, 1.54) is 13.2 Å². The van der Waals surface area contributed by atoms with E-state index >= 15 is 0 Å². The fourth-order valence-corrected chi connectivity index (χ4v) is 4.21. The van der Waals surface area contributed by atoms with Gasteiger partial charge in [-0.2, -0.15) is 13.2 Å². The van der Waals surface area contributed by atoms with Gasteiger partial charge in [0.15, 0.2) is 11.5 Å². The van der Waals surface area contributed by atoms with Gasteiger partial charge in [0.25, 0.3) is 0 Å². The van der Waals surface area contributed by atoms with Gasteiger partial charge in [-0.25, -0.2) is 0 Å². The molecule has 1 heterocycles. The van der Waals surface area contributed by atoms with Crippen LogP contribution in [-0.2, 0) is 17.4 Å². The van der Waals surface area contributed by atoms with Crippen LogP contribution in [0.2, 0.25) is 5.02 Å². The molecule has 10 heteroatoms. The number of methoxy groups -OCH3 is 1. The van der Waals surface area contributed by atoms with Gasteiger partial charge in [0.2, 0.25) is 5.91 Å². The third-order valence-electron chi connectivity index (χ3n) is 5.80. The number of ether oxygens (including phenoxy) is 2. The molecular weight excluding hydrogens is 473 g/mol. The summed E-state index contributed by atoms with van der Waals surface area (Å²) in [5.41, 5.74) is 0.147. The van der Waals surface area contributed by atoms with E-state index in [1.807, 2.05) is 0 Å². The summed E-state index contributed by atoms with van der Waals surface area (Å²) in [6.07, 6.45) is -2.17. The Balaban J connectivity index is 1.51. The normalized spacial score (nSPS) is 16.5. The molecule has 1 aliphatic heterocycles. The number of aliphatic hydroxyl groups is 1. The van der Waals surface area contributed by atoms with Gasteiger partial charge in [-0.3, -0.25) is 9.69 Å². The van der Waals surface area contributed by atoms with Crippen molar-refractivity contribution >= 4 is 23.2 Å². The first-order valence-electron chi connectivity index (χ1n) is 11.0. The van der Waals surface area contributed by atoms with Crippen LogP contribution in [0.15, 0.2) is 36.4 Å². The minimum atomic E-state index is -4.47. The Bertz CT molecular complexity index is 987. The number of nitrogens with one attached hydrogen (secondary N) is 1. The highest BCUT2D eigenvalue weighted by Gasteiger charge is 2.30. The Morgan fingerprint density at radius 3 is 2.71 bits per heavy atom. The lowest BCUT2D eigenvalue weighted by Gasteiger charge is -2.22. The average Bonchev–Trinajstić information content (AvgIpc) is 3.26. The molecule has 0 radical (unpaired) electrons. The number of halogens is 4. The van der Waals surface area contributed by atoms with Crippen LogP contribution >= 0.6 is 11.6 Å². The van der Waals surface area contributed by atoms with Crippen LogP contribution in [0, 0.1) is 0 Å². The Hall–Kier alpha value is -2.49. The Kier molecular flexibility index (Phi) is 9.04. The van der Waals surface area contributed by atoms with Crippen LogP contribution < -0.4 is 14.8 Å². The molecule has 2 aromatic rings. The standard InChI is InChI=1S/C24H28ClF3N2O4/c1-33-22-14-18(7-8-21(22)34-12-11-30-10-2-3-19(30)15-31)29-23(32)9-5-16-4-6-17(13-20(16)25)24(26,27)28/h4,6-8,13-14,19,31H,2-3,5,9-12,15H2,1H3,(H,29,32)/t19-/m0/s1. The maximum Gasteiger partial charge on any atom is 0.416 e. The number of alkyl halides is 3. The van der Waals surface area contributed by atoms with Crippen LogP contribution in [0.1, 0.15) is 30.4 Å². The molecule has 0 saturated carbocycles. The third kappa shape index (κ3) is 7.01. The molecule has 0 spiro atoms. The van der Waals surface area contributed by atoms with E-state index in [0.717, 1.165) is 31.5 Å². The quantitative estimate of drug-likeness (QED) is 0.491. The summed E-state index contributed by atoms with van der Waals surface area (Å²) < 4.78 is 49.5. The molecule has 1 atom stereocenters. The smallest absolute Gasteiger partial charge is 0.416 e. The summed E-state index contributed by atoms with van der Waals surface area (Å²) in [5.74, 6) is 0.691. The van der Waals surface area contributed by atoms with Crippen molar-refractivity contribution < 1.29 is 32.5 Å². The number of carbonyl (C=O) groups is 1. The molecule has 3 rings (SSSR count). The van der Waals surface area contributed by atoms with Gasteiger partial charge < -0.3 is 19.9 Å². The zero-order valence-corrected chi connectivity index (χ0v) is 19.6. The van der Waals surface area contributed by atoms with Crippen molar-refractivity contribution in [3.63, 3.8) is 0 Å². The van der Waals surface area contributed by atoms with Crippen LogP contribution in [0.25, 0.3) is 0 Å². The van der Waals surface area contributed by atoms with Crippen molar-refractivity contribution in [2.45, 2.75) is 37.9 Å². The lowest BCUT2D eigenvalue weighted by Crippen LogP contribution is -2.35. The van der Waals surface area contributed by atoms with Crippen molar-refractivity contribution in [2.75, 3.05) is 38.7 Å². The van der Waals surface area contributed by atoms with Gasteiger partial charge >= 0.3 is 6.18 Å². The largest absolute Gasteiger partial charge is 0.493 e. The van der Waals surface area contributed by atoms with E-state index in [1.54, 1.807) is 18.2 Å². The number of hydrogen-bond donors (Lipinski definition) is 2. The van der Waals surface area contributed by atoms with Crippen molar-refractivity contribution in [1.82, 2.24) is 4.90 Å². The second kappa shape index (κ2) is 11.8. The number of amides is 1. The first-order chi connectivity index (χ1) is 16.2. The first kappa shape index (κ1) is 26.1. The van der Waals surface area contributed by atoms with Gasteiger partial charge in [-0.05, 0) is 55.6 Å². The second-order valence-corrected chi connectivity index (χ2v) is 8.49. The highest BCUT2D eigenvalue weighted by Crippen LogP contribution is 2.33. The van der Waals surface area contributed by atoms with Crippen LogP contribution in [-0.4, -0.2) is 55.4 Å². The lowest BCUT2D eigenvalue weighted by molar-refractivity contribution is -0.137. The first-order valence-corrected chi connectivity index (χ1v) is 11.4. The third-order valence-corrected chi connectivity index (χ3v) is 6.15. The maximum atomic E-state index is 12.8. The number of anilines is 1. The van der Waals surface area contributed by atoms with Crippen LogP contribution in [0.4, 0.5) is 18.9 Å². The number of carbonyl (C=O) groups excluding carboxylic acids is 1. The van der Waals surface area contributed by atoms with E-state index in [-0.39, 0.29) is 36.4 Å². The second-order valence-electron chi connectivity index (χ2n) is 8.08. The lowest BCUT2D eigenvalue weighted by atomic mass is 10.1. The molecule has 0 aliphatic carbocycles. The van der Waals surface area contributed by atoms with E-state index in [9.17, 15) is 23.1 Å². The fraction of sp³-hybridized carbons (Fsp3) is 0.458. The highest BCUT2D eigenvalue weighted by atomic mass is 35.5. The molecule has 0 bridgehead atoms. The predicted octanol–water partition coefficient (Wildman–Crippen LogP) is 4.77. The molecule has 34 heavy (non-hydrogen) atoms. The maximum absolute atomic E-state index is 12.8. The summed E-state index contributed by atoms with van der Waals surface area (Å²) in [6, 6.07) is 8.33. The van der Waals surface area contributed by atoms with Crippen molar-refractivity contribution in [3.05, 3.63) is 52.5 Å². The summed E-state index contributed by atoms with van der Waals surface area (Å²) in [6.45, 7) is 2.21. The van der Waals surface area contributed by atoms with Crippen LogP contribution in [0.5, 0.6) is 11.5 Å². The van der Waals surface area contributed by atoms with E-state index < -0.39 is 11.7 Å². The number of hydrogen-bond acceptors (Lipinski definition) is 5. The summed E-state index contributed by atoms with van der Waals surface area (Å²) >= 11 is 5.96. The molecule has 2 aromatic carbocycles. The summed E-state index contributed by atoms with van der Waals surface area (Å²) in [5, 5.41) is 12.1. The molecule has 2 N–H and O–H groups in total. The van der Waals surface area contributed by atoms with Crippen LogP contribution in [0.3, 0.4) is 0 Å². The SMILES string of the molecule is COc1cc(NC(=O)CCc2ccc(C(F)(F)F)cc2Cl)ccc1OCCN1CCC[C@H]1CO. The number of likely N-dealkylation sites (tertiary alicyclic amines) is 1. The van der Waals surface area contributed by atoms with Gasteiger partial charge in [0.05, 0.1) is 19.3 Å². The van der Waals surface area contributed by atoms with Gasteiger partial charge in [-0.15, -0.1) is 0 Å². The molecular formula is C24H28ClF3N2O4. The molecule has 1 amide bonds. The molecule has 1 saturated heterocycles. The Labute approximate surface area is 201 Å².